The van der Waals surface area contributed by atoms with Crippen molar-refractivity contribution in [3.05, 3.63) is 91.4 Å². The van der Waals surface area contributed by atoms with Crippen molar-refractivity contribution in [2.45, 2.75) is 39.0 Å². The zero-order chi connectivity index (χ0) is 19.9. The highest BCUT2D eigenvalue weighted by Crippen LogP contribution is 2.34. The molecular formula is C25H24Br2O. The van der Waals surface area contributed by atoms with E-state index in [4.69, 9.17) is 0 Å². The van der Waals surface area contributed by atoms with Crippen LogP contribution >= 0.6 is 31.9 Å². The van der Waals surface area contributed by atoms with Crippen molar-refractivity contribution in [2.24, 2.45) is 0 Å². The molecule has 0 N–H and O–H groups in total. The lowest BCUT2D eigenvalue weighted by Gasteiger charge is -2.02. The van der Waals surface area contributed by atoms with E-state index >= 15 is 0 Å². The molecule has 1 aliphatic rings. The summed E-state index contributed by atoms with van der Waals surface area (Å²) in [5.41, 5.74) is 5.25. The Kier molecular flexibility index (Phi) is 7.64. The number of hydrogen-bond donors (Lipinski definition) is 0. The molecule has 0 atom stereocenters. The van der Waals surface area contributed by atoms with Crippen LogP contribution in [0.4, 0.5) is 0 Å². The van der Waals surface area contributed by atoms with Gasteiger partial charge in [-0.3, -0.25) is 4.79 Å². The van der Waals surface area contributed by atoms with Crippen molar-refractivity contribution in [3.63, 3.8) is 0 Å². The van der Waals surface area contributed by atoms with E-state index in [1.165, 1.54) is 0 Å². The van der Waals surface area contributed by atoms with E-state index in [9.17, 15) is 4.79 Å². The topological polar surface area (TPSA) is 17.1 Å². The van der Waals surface area contributed by atoms with Gasteiger partial charge in [-0.1, -0.05) is 88.0 Å². The third kappa shape index (κ3) is 5.65. The van der Waals surface area contributed by atoms with Crippen LogP contribution < -0.4 is 0 Å². The second kappa shape index (κ2) is 10.2. The van der Waals surface area contributed by atoms with Crippen LogP contribution in [0.5, 0.6) is 0 Å². The molecule has 0 radical (unpaired) electrons. The molecule has 0 fully saturated rings. The fourth-order valence-corrected chi connectivity index (χ4v) is 3.89. The summed E-state index contributed by atoms with van der Waals surface area (Å²) in [5, 5.41) is 0. The van der Waals surface area contributed by atoms with Crippen molar-refractivity contribution in [3.8, 4) is 0 Å². The largest absolute Gasteiger partial charge is 0.289 e. The van der Waals surface area contributed by atoms with Crippen LogP contribution in [0, 0.1) is 0 Å². The van der Waals surface area contributed by atoms with Gasteiger partial charge >= 0.3 is 0 Å². The first-order valence-electron chi connectivity index (χ1n) is 9.73. The minimum atomic E-state index is 0.217. The van der Waals surface area contributed by atoms with E-state index in [0.29, 0.717) is 6.42 Å². The van der Waals surface area contributed by atoms with Gasteiger partial charge in [-0.25, -0.2) is 0 Å². The summed E-state index contributed by atoms with van der Waals surface area (Å²) in [6.07, 6.45) is 11.2. The molecule has 3 rings (SSSR count). The summed E-state index contributed by atoms with van der Waals surface area (Å²) in [6, 6.07) is 16.3. The molecule has 0 saturated carbocycles. The third-order valence-corrected chi connectivity index (χ3v) is 5.98. The van der Waals surface area contributed by atoms with E-state index in [2.05, 4.69) is 63.1 Å². The van der Waals surface area contributed by atoms with E-state index < -0.39 is 0 Å². The zero-order valence-corrected chi connectivity index (χ0v) is 19.2. The fraction of sp³-hybridized carbons (Fsp3) is 0.240. The quantitative estimate of drug-likeness (QED) is 0.277. The van der Waals surface area contributed by atoms with Crippen LogP contribution in [0.1, 0.15) is 50.2 Å². The lowest BCUT2D eigenvalue weighted by molar-refractivity contribution is -0.112. The molecule has 2 aromatic carbocycles. The van der Waals surface area contributed by atoms with Crippen molar-refractivity contribution in [1.82, 2.24) is 0 Å². The molecule has 0 amide bonds. The molecular weight excluding hydrogens is 476 g/mol. The van der Waals surface area contributed by atoms with Crippen LogP contribution in [-0.2, 0) is 4.79 Å². The van der Waals surface area contributed by atoms with Crippen LogP contribution in [-0.4, -0.2) is 5.78 Å². The molecule has 0 spiro atoms. The van der Waals surface area contributed by atoms with Gasteiger partial charge < -0.3 is 0 Å². The Morgan fingerprint density at radius 2 is 1.46 bits per heavy atom. The molecule has 0 aliphatic heterocycles. The van der Waals surface area contributed by atoms with Gasteiger partial charge in [-0.05, 0) is 59.9 Å². The number of rotatable bonds is 7. The van der Waals surface area contributed by atoms with Crippen molar-refractivity contribution in [2.75, 3.05) is 0 Å². The SMILES string of the molecule is CCCCCC1=C(C=Cc2ccc(Br)cc2)CC(=Cc2ccc(Br)cc2)C1=O. The van der Waals surface area contributed by atoms with Gasteiger partial charge in [-0.15, -0.1) is 0 Å². The third-order valence-electron chi connectivity index (χ3n) is 4.92. The molecule has 0 unspecified atom stereocenters. The number of allylic oxidation sites excluding steroid dienone is 4. The minimum absolute atomic E-state index is 0.217. The first-order chi connectivity index (χ1) is 13.6. The smallest absolute Gasteiger partial charge is 0.185 e. The van der Waals surface area contributed by atoms with Crippen molar-refractivity contribution < 1.29 is 4.79 Å². The molecule has 3 heteroatoms. The molecule has 0 bridgehead atoms. The van der Waals surface area contributed by atoms with Crippen LogP contribution in [0.2, 0.25) is 0 Å². The van der Waals surface area contributed by atoms with Crippen LogP contribution in [0.25, 0.3) is 12.2 Å². The maximum absolute atomic E-state index is 13.1. The lowest BCUT2D eigenvalue weighted by Crippen LogP contribution is -2.00. The molecule has 0 aromatic heterocycles. The van der Waals surface area contributed by atoms with E-state index in [1.807, 2.05) is 42.5 Å². The molecule has 1 nitrogen and oxygen atoms in total. The van der Waals surface area contributed by atoms with Crippen molar-refractivity contribution in [1.29, 1.82) is 0 Å². The minimum Gasteiger partial charge on any atom is -0.289 e. The number of benzene rings is 2. The Hall–Kier alpha value is -1.71. The maximum Gasteiger partial charge on any atom is 0.185 e. The summed E-state index contributed by atoms with van der Waals surface area (Å²) in [7, 11) is 0. The van der Waals surface area contributed by atoms with Gasteiger partial charge in [0.1, 0.15) is 0 Å². The van der Waals surface area contributed by atoms with Gasteiger partial charge in [0.05, 0.1) is 0 Å². The summed E-state index contributed by atoms with van der Waals surface area (Å²) in [6.45, 7) is 2.19. The summed E-state index contributed by atoms with van der Waals surface area (Å²) in [4.78, 5) is 13.1. The average Bonchev–Trinajstić information content (AvgIpc) is 2.98. The highest BCUT2D eigenvalue weighted by molar-refractivity contribution is 9.10. The molecule has 0 saturated heterocycles. The van der Waals surface area contributed by atoms with E-state index in [0.717, 1.165) is 62.5 Å². The van der Waals surface area contributed by atoms with Gasteiger partial charge in [0.2, 0.25) is 0 Å². The zero-order valence-electron chi connectivity index (χ0n) is 16.1. The van der Waals surface area contributed by atoms with Gasteiger partial charge in [0.25, 0.3) is 0 Å². The Balaban J connectivity index is 1.84. The fourth-order valence-electron chi connectivity index (χ4n) is 3.36. The Morgan fingerprint density at radius 3 is 2.07 bits per heavy atom. The summed E-state index contributed by atoms with van der Waals surface area (Å²) in [5.74, 6) is 0.217. The number of halogens is 2. The number of unbranched alkanes of at least 4 members (excludes halogenated alkanes) is 2. The Labute approximate surface area is 184 Å². The molecule has 1 aliphatic carbocycles. The number of carbonyl (C=O) groups excluding carboxylic acids is 1. The number of ketones is 1. The Bertz CT molecular complexity index is 916. The predicted octanol–water partition coefficient (Wildman–Crippen LogP) is 8.16. The molecule has 0 heterocycles. The molecule has 28 heavy (non-hydrogen) atoms. The highest BCUT2D eigenvalue weighted by Gasteiger charge is 2.25. The standard InChI is InChI=1S/C25H24Br2O/c1-2-3-4-5-24-20(11-6-18-7-12-22(26)13-8-18)17-21(25(24)28)16-19-9-14-23(27)15-10-19/h6-16H,2-5,17H2,1H3. The normalized spacial score (nSPS) is 16.0. The summed E-state index contributed by atoms with van der Waals surface area (Å²) >= 11 is 6.93. The second-order valence-corrected chi connectivity index (χ2v) is 8.90. The van der Waals surface area contributed by atoms with Gasteiger partial charge in [-0.2, -0.15) is 0 Å². The average molecular weight is 500 g/mol. The summed E-state index contributed by atoms with van der Waals surface area (Å²) < 4.78 is 2.11. The lowest BCUT2D eigenvalue weighted by atomic mass is 10.0. The van der Waals surface area contributed by atoms with Gasteiger partial charge in [0.15, 0.2) is 5.78 Å². The highest BCUT2D eigenvalue weighted by atomic mass is 79.9. The Morgan fingerprint density at radius 1 is 0.857 bits per heavy atom. The van der Waals surface area contributed by atoms with Crippen LogP contribution in [0.15, 0.2) is 80.3 Å². The first-order valence-corrected chi connectivity index (χ1v) is 11.3. The van der Waals surface area contributed by atoms with Crippen molar-refractivity contribution >= 4 is 49.8 Å². The second-order valence-electron chi connectivity index (χ2n) is 7.07. The number of Topliss-reactive ketones (excluding diaryl/α,β-unsaturated/α-hetero) is 1. The van der Waals surface area contributed by atoms with E-state index in [-0.39, 0.29) is 5.78 Å². The monoisotopic (exact) mass is 498 g/mol. The maximum atomic E-state index is 13.1. The molecule has 144 valence electrons. The number of carbonyl (C=O) groups is 1. The first kappa shape index (κ1) is 21.0. The van der Waals surface area contributed by atoms with Gasteiger partial charge in [0, 0.05) is 26.5 Å². The predicted molar refractivity (Wildman–Crippen MR) is 126 cm³/mol. The molecule has 2 aromatic rings. The number of hydrogen-bond acceptors (Lipinski definition) is 1. The van der Waals surface area contributed by atoms with Crippen LogP contribution in [0.3, 0.4) is 0 Å². The van der Waals surface area contributed by atoms with E-state index in [1.54, 1.807) is 0 Å².